The lowest BCUT2D eigenvalue weighted by Gasteiger charge is -2.36. The van der Waals surface area contributed by atoms with Crippen molar-refractivity contribution in [1.29, 1.82) is 0 Å². The van der Waals surface area contributed by atoms with Crippen LogP contribution in [0.15, 0.2) is 30.3 Å². The smallest absolute Gasteiger partial charge is 0.222 e. The van der Waals surface area contributed by atoms with E-state index in [-0.39, 0.29) is 0 Å². The number of halogens is 2. The highest BCUT2D eigenvalue weighted by molar-refractivity contribution is 6.36. The Balaban J connectivity index is 1.33. The van der Waals surface area contributed by atoms with Gasteiger partial charge in [0.05, 0.1) is 10.7 Å². The van der Waals surface area contributed by atoms with Crippen LogP contribution in [0.1, 0.15) is 38.5 Å². The summed E-state index contributed by atoms with van der Waals surface area (Å²) in [5.41, 5.74) is 1.53. The first-order valence-electron chi connectivity index (χ1n) is 10.4. The van der Waals surface area contributed by atoms with Crippen LogP contribution in [0.2, 0.25) is 10.0 Å². The molecule has 154 valence electrons. The van der Waals surface area contributed by atoms with E-state index >= 15 is 0 Å². The third kappa shape index (κ3) is 5.01. The predicted molar refractivity (Wildman–Crippen MR) is 117 cm³/mol. The van der Waals surface area contributed by atoms with Gasteiger partial charge >= 0.3 is 0 Å². The molecular formula is C22H26Cl2N4O. The van der Waals surface area contributed by atoms with Crippen LogP contribution in [0.5, 0.6) is 0 Å². The molecule has 2 heterocycles. The van der Waals surface area contributed by atoms with Gasteiger partial charge in [-0.2, -0.15) is 0 Å². The summed E-state index contributed by atoms with van der Waals surface area (Å²) >= 11 is 12.2. The normalized spacial score (nSPS) is 18.1. The number of carbonyl (C=O) groups excluding carboxylic acids is 1. The maximum absolute atomic E-state index is 12.6. The van der Waals surface area contributed by atoms with E-state index in [0.29, 0.717) is 21.9 Å². The molecule has 7 heteroatoms. The molecule has 0 atom stereocenters. The summed E-state index contributed by atoms with van der Waals surface area (Å²) in [7, 11) is 0. The number of rotatable bonds is 4. The van der Waals surface area contributed by atoms with E-state index in [1.165, 1.54) is 32.1 Å². The summed E-state index contributed by atoms with van der Waals surface area (Å²) in [5.74, 6) is 1.74. The molecular weight excluding hydrogens is 407 g/mol. The fourth-order valence-corrected chi connectivity index (χ4v) is 4.79. The Labute approximate surface area is 182 Å². The van der Waals surface area contributed by atoms with Crippen LogP contribution in [0.3, 0.4) is 0 Å². The third-order valence-electron chi connectivity index (χ3n) is 6.00. The molecule has 1 aliphatic carbocycles. The van der Waals surface area contributed by atoms with Gasteiger partial charge in [0, 0.05) is 43.2 Å². The Hall–Kier alpha value is -1.85. The molecule has 2 aliphatic rings. The maximum Gasteiger partial charge on any atom is 0.222 e. The highest BCUT2D eigenvalue weighted by Gasteiger charge is 2.25. The Morgan fingerprint density at radius 1 is 0.966 bits per heavy atom. The van der Waals surface area contributed by atoms with Crippen molar-refractivity contribution in [2.24, 2.45) is 5.92 Å². The van der Waals surface area contributed by atoms with Gasteiger partial charge in [0.2, 0.25) is 5.91 Å². The second-order valence-corrected chi connectivity index (χ2v) is 8.82. The van der Waals surface area contributed by atoms with Gasteiger partial charge in [-0.25, -0.2) is 0 Å². The van der Waals surface area contributed by atoms with Gasteiger partial charge in [-0.05, 0) is 49.1 Å². The Morgan fingerprint density at radius 2 is 1.72 bits per heavy atom. The molecule has 2 fully saturated rings. The quantitative estimate of drug-likeness (QED) is 0.676. The highest BCUT2D eigenvalue weighted by Crippen LogP contribution is 2.30. The van der Waals surface area contributed by atoms with E-state index in [2.05, 4.69) is 15.1 Å². The van der Waals surface area contributed by atoms with Gasteiger partial charge in [-0.3, -0.25) is 4.79 Å². The molecule has 0 bridgehead atoms. The number of benzene rings is 1. The van der Waals surface area contributed by atoms with E-state index in [1.54, 1.807) is 12.1 Å². The fraction of sp³-hybridized carbons (Fsp3) is 0.500. The summed E-state index contributed by atoms with van der Waals surface area (Å²) in [5, 5.41) is 9.89. The predicted octanol–water partition coefficient (Wildman–Crippen LogP) is 5.07. The summed E-state index contributed by atoms with van der Waals surface area (Å²) in [6.07, 6.45) is 7.03. The largest absolute Gasteiger partial charge is 0.352 e. The molecule has 2 aromatic rings. The first-order valence-corrected chi connectivity index (χ1v) is 11.2. The molecule has 5 nitrogen and oxygen atoms in total. The van der Waals surface area contributed by atoms with Crippen LogP contribution in [0.25, 0.3) is 11.3 Å². The van der Waals surface area contributed by atoms with E-state index < -0.39 is 0 Å². The Bertz CT molecular complexity index is 844. The van der Waals surface area contributed by atoms with Crippen LogP contribution in [-0.4, -0.2) is 47.2 Å². The van der Waals surface area contributed by atoms with Crippen molar-refractivity contribution in [2.75, 3.05) is 31.1 Å². The summed E-state index contributed by atoms with van der Waals surface area (Å²) in [6.45, 7) is 3.06. The molecule has 1 saturated carbocycles. The van der Waals surface area contributed by atoms with Crippen molar-refractivity contribution in [1.82, 2.24) is 15.1 Å². The van der Waals surface area contributed by atoms with Crippen molar-refractivity contribution in [3.05, 3.63) is 40.4 Å². The van der Waals surface area contributed by atoms with Crippen molar-refractivity contribution < 1.29 is 4.79 Å². The molecule has 0 N–H and O–H groups in total. The van der Waals surface area contributed by atoms with Crippen molar-refractivity contribution >= 4 is 34.9 Å². The molecule has 0 spiro atoms. The Morgan fingerprint density at radius 3 is 2.38 bits per heavy atom. The molecule has 29 heavy (non-hydrogen) atoms. The zero-order chi connectivity index (χ0) is 20.2. The van der Waals surface area contributed by atoms with Gasteiger partial charge in [0.25, 0.3) is 0 Å². The third-order valence-corrected chi connectivity index (χ3v) is 6.55. The summed E-state index contributed by atoms with van der Waals surface area (Å²) in [6, 6.07) is 9.25. The first-order chi connectivity index (χ1) is 14.1. The van der Waals surface area contributed by atoms with Crippen LogP contribution in [-0.2, 0) is 4.79 Å². The van der Waals surface area contributed by atoms with E-state index in [9.17, 15) is 4.79 Å². The number of anilines is 1. The summed E-state index contributed by atoms with van der Waals surface area (Å²) < 4.78 is 0. The number of hydrogen-bond acceptors (Lipinski definition) is 4. The Kier molecular flexibility index (Phi) is 6.56. The lowest BCUT2D eigenvalue weighted by atomic mass is 9.86. The van der Waals surface area contributed by atoms with Crippen LogP contribution in [0.4, 0.5) is 5.82 Å². The molecule has 4 rings (SSSR count). The van der Waals surface area contributed by atoms with E-state index in [0.717, 1.165) is 49.7 Å². The van der Waals surface area contributed by atoms with Crippen LogP contribution < -0.4 is 4.90 Å². The molecule has 0 unspecified atom stereocenters. The van der Waals surface area contributed by atoms with Crippen molar-refractivity contribution in [3.63, 3.8) is 0 Å². The van der Waals surface area contributed by atoms with Crippen LogP contribution >= 0.6 is 23.2 Å². The minimum Gasteiger partial charge on any atom is -0.352 e. The minimum atomic E-state index is 0.315. The molecule has 0 radical (unpaired) electrons. The maximum atomic E-state index is 12.6. The topological polar surface area (TPSA) is 49.3 Å². The number of aromatic nitrogens is 2. The molecule has 1 aromatic carbocycles. The second kappa shape index (κ2) is 9.31. The average molecular weight is 433 g/mol. The zero-order valence-electron chi connectivity index (χ0n) is 16.5. The van der Waals surface area contributed by atoms with Crippen LogP contribution in [0, 0.1) is 5.92 Å². The number of hydrogen-bond donors (Lipinski definition) is 0. The van der Waals surface area contributed by atoms with Gasteiger partial charge in [-0.1, -0.05) is 42.5 Å². The average Bonchev–Trinajstić information content (AvgIpc) is 2.75. The first kappa shape index (κ1) is 20.4. The van der Waals surface area contributed by atoms with Gasteiger partial charge in [0.1, 0.15) is 0 Å². The number of carbonyl (C=O) groups is 1. The SMILES string of the molecule is O=C(CC1CCCCC1)N1CCN(c2ccc(-c3ccc(Cl)cc3Cl)nn2)CC1. The highest BCUT2D eigenvalue weighted by atomic mass is 35.5. The van der Waals surface area contributed by atoms with Crippen molar-refractivity contribution in [2.45, 2.75) is 38.5 Å². The second-order valence-electron chi connectivity index (χ2n) is 7.98. The summed E-state index contributed by atoms with van der Waals surface area (Å²) in [4.78, 5) is 16.8. The number of nitrogens with zero attached hydrogens (tertiary/aromatic N) is 4. The van der Waals surface area contributed by atoms with E-state index in [1.807, 2.05) is 23.1 Å². The van der Waals surface area contributed by atoms with Gasteiger partial charge in [0.15, 0.2) is 5.82 Å². The zero-order valence-corrected chi connectivity index (χ0v) is 18.0. The molecule has 1 saturated heterocycles. The van der Waals surface area contributed by atoms with Gasteiger partial charge < -0.3 is 9.80 Å². The lowest BCUT2D eigenvalue weighted by molar-refractivity contribution is -0.132. The fourth-order valence-electron chi connectivity index (χ4n) is 4.29. The lowest BCUT2D eigenvalue weighted by Crippen LogP contribution is -2.49. The molecule has 1 aromatic heterocycles. The number of piperazine rings is 1. The monoisotopic (exact) mass is 432 g/mol. The minimum absolute atomic E-state index is 0.315. The molecule has 1 amide bonds. The van der Waals surface area contributed by atoms with Crippen molar-refractivity contribution in [3.8, 4) is 11.3 Å². The number of amides is 1. The standard InChI is InChI=1S/C22H26Cl2N4O/c23-17-6-7-18(19(24)15-17)20-8-9-21(26-25-20)27-10-12-28(13-11-27)22(29)14-16-4-2-1-3-5-16/h6-9,15-16H,1-5,10-14H2. The van der Waals surface area contributed by atoms with Gasteiger partial charge in [-0.15, -0.1) is 10.2 Å². The molecule has 1 aliphatic heterocycles. The van der Waals surface area contributed by atoms with E-state index in [4.69, 9.17) is 23.2 Å².